The van der Waals surface area contributed by atoms with E-state index in [2.05, 4.69) is 11.8 Å². The van der Waals surface area contributed by atoms with Crippen molar-refractivity contribution in [2.75, 3.05) is 6.61 Å². The van der Waals surface area contributed by atoms with Gasteiger partial charge >= 0.3 is 0 Å². The molecule has 0 spiro atoms. The molecule has 0 aromatic heterocycles. The van der Waals surface area contributed by atoms with Crippen LogP contribution in [0.25, 0.3) is 0 Å². The van der Waals surface area contributed by atoms with Crippen molar-refractivity contribution >= 4 is 0 Å². The Bertz CT molecular complexity index is 626. The van der Waals surface area contributed by atoms with Crippen molar-refractivity contribution in [3.05, 3.63) is 65.5 Å². The molecule has 0 heterocycles. The lowest BCUT2D eigenvalue weighted by Crippen LogP contribution is -2.08. The minimum Gasteiger partial charge on any atom is -0.480 e. The predicted molar refractivity (Wildman–Crippen MR) is 77.8 cm³/mol. The first-order chi connectivity index (χ1) is 9.66. The summed E-state index contributed by atoms with van der Waals surface area (Å²) in [5, 5.41) is 0. The molecule has 2 rings (SSSR count). The zero-order chi connectivity index (χ0) is 14.4. The van der Waals surface area contributed by atoms with Crippen LogP contribution in [0.2, 0.25) is 0 Å². The van der Waals surface area contributed by atoms with E-state index in [1.165, 1.54) is 12.1 Å². The molecule has 0 saturated carbocycles. The van der Waals surface area contributed by atoms with Crippen LogP contribution in [0.1, 0.15) is 24.1 Å². The van der Waals surface area contributed by atoms with Gasteiger partial charge in [0.2, 0.25) is 0 Å². The second-order valence-corrected chi connectivity index (χ2v) is 4.43. The summed E-state index contributed by atoms with van der Waals surface area (Å²) >= 11 is 0. The molecule has 0 amide bonds. The topological polar surface area (TPSA) is 35.2 Å². The van der Waals surface area contributed by atoms with Gasteiger partial charge in [-0.15, -0.1) is 0 Å². The highest BCUT2D eigenvalue weighted by molar-refractivity contribution is 5.37. The third-order valence-corrected chi connectivity index (χ3v) is 2.77. The fourth-order valence-electron chi connectivity index (χ4n) is 1.78. The lowest BCUT2D eigenvalue weighted by atomic mass is 10.1. The number of rotatable bonds is 3. The zero-order valence-electron chi connectivity index (χ0n) is 11.3. The Morgan fingerprint density at radius 2 is 1.95 bits per heavy atom. The van der Waals surface area contributed by atoms with E-state index >= 15 is 0 Å². The molecule has 2 N–H and O–H groups in total. The second kappa shape index (κ2) is 6.74. The highest BCUT2D eigenvalue weighted by Crippen LogP contribution is 2.24. The first-order valence-corrected chi connectivity index (χ1v) is 6.38. The van der Waals surface area contributed by atoms with Crippen molar-refractivity contribution in [1.29, 1.82) is 0 Å². The summed E-state index contributed by atoms with van der Waals surface area (Å²) in [5.41, 5.74) is 7.51. The van der Waals surface area contributed by atoms with Crippen LogP contribution in [0, 0.1) is 17.7 Å². The Hall–Kier alpha value is -2.31. The first-order valence-electron chi connectivity index (χ1n) is 6.38. The fourth-order valence-corrected chi connectivity index (χ4v) is 1.78. The zero-order valence-corrected chi connectivity index (χ0v) is 11.3. The van der Waals surface area contributed by atoms with Gasteiger partial charge < -0.3 is 10.5 Å². The summed E-state index contributed by atoms with van der Waals surface area (Å²) in [6.45, 7) is 2.02. The predicted octanol–water partition coefficient (Wildman–Crippen LogP) is 3.28. The molecule has 0 aliphatic heterocycles. The summed E-state index contributed by atoms with van der Waals surface area (Å²) in [7, 11) is 0. The molecule has 0 radical (unpaired) electrons. The summed E-state index contributed by atoms with van der Waals surface area (Å²) in [5.74, 6) is 5.98. The Kier molecular flexibility index (Phi) is 4.75. The van der Waals surface area contributed by atoms with Crippen LogP contribution in [-0.2, 0) is 0 Å². The molecule has 0 fully saturated rings. The molecule has 1 atom stereocenters. The Morgan fingerprint density at radius 3 is 2.65 bits per heavy atom. The molecule has 0 aliphatic carbocycles. The van der Waals surface area contributed by atoms with Crippen LogP contribution in [0.5, 0.6) is 5.75 Å². The molecular formula is C17H16FNO. The highest BCUT2D eigenvalue weighted by Gasteiger charge is 2.08. The third-order valence-electron chi connectivity index (χ3n) is 2.77. The van der Waals surface area contributed by atoms with Gasteiger partial charge in [0.15, 0.2) is 0 Å². The molecule has 0 saturated heterocycles. The standard InChI is InChI=1S/C17H16FNO/c1-13(19)16-10-9-15(18)12-17(16)20-11-5-8-14-6-3-2-4-7-14/h2-4,6-7,9-10,12-13H,11,19H2,1H3/t13-/m1/s1. The largest absolute Gasteiger partial charge is 0.480 e. The van der Waals surface area contributed by atoms with E-state index in [1.807, 2.05) is 37.3 Å². The van der Waals surface area contributed by atoms with Crippen molar-refractivity contribution in [2.45, 2.75) is 13.0 Å². The maximum atomic E-state index is 13.2. The van der Waals surface area contributed by atoms with Gasteiger partial charge in [0.1, 0.15) is 18.2 Å². The van der Waals surface area contributed by atoms with Gasteiger partial charge in [-0.05, 0) is 25.1 Å². The van der Waals surface area contributed by atoms with Crippen LogP contribution in [-0.4, -0.2) is 6.61 Å². The molecule has 3 heteroatoms. The Morgan fingerprint density at radius 1 is 1.20 bits per heavy atom. The van der Waals surface area contributed by atoms with Crippen LogP contribution < -0.4 is 10.5 Å². The Balaban J connectivity index is 2.05. The number of hydrogen-bond donors (Lipinski definition) is 1. The van der Waals surface area contributed by atoms with E-state index in [9.17, 15) is 4.39 Å². The third kappa shape index (κ3) is 3.84. The average molecular weight is 269 g/mol. The normalized spacial score (nSPS) is 11.3. The van der Waals surface area contributed by atoms with Gasteiger partial charge in [0.05, 0.1) is 0 Å². The van der Waals surface area contributed by atoms with Gasteiger partial charge in [0.25, 0.3) is 0 Å². The molecule has 0 aliphatic rings. The van der Waals surface area contributed by atoms with Crippen LogP contribution >= 0.6 is 0 Å². The van der Waals surface area contributed by atoms with Crippen LogP contribution in [0.15, 0.2) is 48.5 Å². The van der Waals surface area contributed by atoms with Gasteiger partial charge in [-0.2, -0.15) is 0 Å². The molecular weight excluding hydrogens is 253 g/mol. The smallest absolute Gasteiger partial charge is 0.149 e. The molecule has 2 nitrogen and oxygen atoms in total. The summed E-state index contributed by atoms with van der Waals surface area (Å²) < 4.78 is 18.7. The quantitative estimate of drug-likeness (QED) is 0.868. The SMILES string of the molecule is C[C@@H](N)c1ccc(F)cc1OCC#Cc1ccccc1. The molecule has 0 bridgehead atoms. The number of ether oxygens (including phenoxy) is 1. The van der Waals surface area contributed by atoms with Gasteiger partial charge in [-0.3, -0.25) is 0 Å². The van der Waals surface area contributed by atoms with Crippen LogP contribution in [0.3, 0.4) is 0 Å². The number of nitrogens with two attached hydrogens (primary N) is 1. The molecule has 102 valence electrons. The van der Waals surface area contributed by atoms with Crippen molar-refractivity contribution in [3.8, 4) is 17.6 Å². The molecule has 20 heavy (non-hydrogen) atoms. The number of benzene rings is 2. The van der Waals surface area contributed by atoms with Gasteiger partial charge in [-0.25, -0.2) is 4.39 Å². The van der Waals surface area contributed by atoms with Crippen LogP contribution in [0.4, 0.5) is 4.39 Å². The summed E-state index contributed by atoms with van der Waals surface area (Å²) in [6, 6.07) is 13.8. The fraction of sp³-hybridized carbons (Fsp3) is 0.176. The van der Waals surface area contributed by atoms with E-state index < -0.39 is 0 Å². The maximum absolute atomic E-state index is 13.2. The van der Waals surface area contributed by atoms with E-state index in [0.717, 1.165) is 11.1 Å². The van der Waals surface area contributed by atoms with Crippen molar-refractivity contribution in [2.24, 2.45) is 5.73 Å². The highest BCUT2D eigenvalue weighted by atomic mass is 19.1. The summed E-state index contributed by atoms with van der Waals surface area (Å²) in [6.07, 6.45) is 0. The number of hydrogen-bond acceptors (Lipinski definition) is 2. The average Bonchev–Trinajstić information content (AvgIpc) is 2.44. The lowest BCUT2D eigenvalue weighted by molar-refractivity contribution is 0.361. The minimum atomic E-state index is -0.347. The van der Waals surface area contributed by atoms with E-state index in [4.69, 9.17) is 10.5 Å². The van der Waals surface area contributed by atoms with Gasteiger partial charge in [0, 0.05) is 23.2 Å². The first kappa shape index (κ1) is 14.1. The minimum absolute atomic E-state index is 0.193. The monoisotopic (exact) mass is 269 g/mol. The van der Waals surface area contributed by atoms with E-state index in [1.54, 1.807) is 6.07 Å². The van der Waals surface area contributed by atoms with E-state index in [-0.39, 0.29) is 18.5 Å². The van der Waals surface area contributed by atoms with Gasteiger partial charge in [-0.1, -0.05) is 36.1 Å². The van der Waals surface area contributed by atoms with E-state index in [0.29, 0.717) is 5.75 Å². The van der Waals surface area contributed by atoms with Crippen molar-refractivity contribution in [1.82, 2.24) is 0 Å². The Labute approximate surface area is 118 Å². The second-order valence-electron chi connectivity index (χ2n) is 4.43. The van der Waals surface area contributed by atoms with Crippen molar-refractivity contribution in [3.63, 3.8) is 0 Å². The molecule has 2 aromatic carbocycles. The summed E-state index contributed by atoms with van der Waals surface area (Å²) in [4.78, 5) is 0. The number of halogens is 1. The lowest BCUT2D eigenvalue weighted by Gasteiger charge is -2.12. The molecule has 0 unspecified atom stereocenters. The van der Waals surface area contributed by atoms with Crippen molar-refractivity contribution < 1.29 is 9.13 Å². The maximum Gasteiger partial charge on any atom is 0.149 e. The molecule has 2 aromatic rings.